The van der Waals surface area contributed by atoms with Crippen molar-refractivity contribution in [2.75, 3.05) is 6.61 Å². The molecule has 1 heterocycles. The van der Waals surface area contributed by atoms with Crippen molar-refractivity contribution in [1.29, 1.82) is 0 Å². The van der Waals surface area contributed by atoms with Crippen LogP contribution >= 0.6 is 0 Å². The molecule has 25 heavy (non-hydrogen) atoms. The van der Waals surface area contributed by atoms with Crippen molar-refractivity contribution in [1.82, 2.24) is 9.78 Å². The quantitative estimate of drug-likeness (QED) is 0.563. The van der Waals surface area contributed by atoms with Crippen molar-refractivity contribution in [3.8, 4) is 5.75 Å². The molecule has 0 unspecified atom stereocenters. The molecule has 0 aliphatic carbocycles. The van der Waals surface area contributed by atoms with Crippen LogP contribution in [0.4, 0.5) is 0 Å². The molecule has 0 N–H and O–H groups in total. The highest BCUT2D eigenvalue weighted by Crippen LogP contribution is 2.17. The first-order valence-electron chi connectivity index (χ1n) is 9.39. The first kappa shape index (κ1) is 19.2. The zero-order valence-electron chi connectivity index (χ0n) is 15.8. The third kappa shape index (κ3) is 5.73. The van der Waals surface area contributed by atoms with Gasteiger partial charge in [-0.05, 0) is 44.4 Å². The van der Waals surface area contributed by atoms with Crippen LogP contribution in [0.1, 0.15) is 67.2 Å². The number of rotatable bonds is 10. The molecule has 0 aliphatic heterocycles. The Bertz CT molecular complexity index is 662. The molecule has 4 heteroatoms. The summed E-state index contributed by atoms with van der Waals surface area (Å²) < 4.78 is 7.06. The van der Waals surface area contributed by atoms with Gasteiger partial charge in [0.15, 0.2) is 6.61 Å². The summed E-state index contributed by atoms with van der Waals surface area (Å²) in [5, 5.41) is 4.44. The van der Waals surface area contributed by atoms with Gasteiger partial charge in [-0.15, -0.1) is 0 Å². The third-order valence-electron chi connectivity index (χ3n) is 4.56. The van der Waals surface area contributed by atoms with Crippen molar-refractivity contribution >= 4 is 5.91 Å². The fourth-order valence-electron chi connectivity index (χ4n) is 3.08. The van der Waals surface area contributed by atoms with Gasteiger partial charge in [0.2, 0.25) is 0 Å². The van der Waals surface area contributed by atoms with Gasteiger partial charge in [0.25, 0.3) is 5.91 Å². The van der Waals surface area contributed by atoms with E-state index in [9.17, 15) is 4.79 Å². The predicted molar refractivity (Wildman–Crippen MR) is 101 cm³/mol. The number of para-hydroxylation sites is 1. The first-order valence-corrected chi connectivity index (χ1v) is 9.39. The third-order valence-corrected chi connectivity index (χ3v) is 4.56. The molecule has 0 amide bonds. The largest absolute Gasteiger partial charge is 0.484 e. The maximum atomic E-state index is 12.4. The Labute approximate surface area is 151 Å². The molecule has 2 rings (SSSR count). The summed E-state index contributed by atoms with van der Waals surface area (Å²) in [4.78, 5) is 12.4. The molecule has 0 radical (unpaired) electrons. The second-order valence-electron chi connectivity index (χ2n) is 6.57. The topological polar surface area (TPSA) is 44.1 Å². The van der Waals surface area contributed by atoms with Crippen LogP contribution in [0.3, 0.4) is 0 Å². The van der Waals surface area contributed by atoms with Gasteiger partial charge in [0.1, 0.15) is 5.75 Å². The number of carbonyl (C=O) groups excluding carboxylic acids is 1. The van der Waals surface area contributed by atoms with Crippen LogP contribution in [-0.4, -0.2) is 22.3 Å². The highest BCUT2D eigenvalue weighted by molar-refractivity contribution is 5.80. The summed E-state index contributed by atoms with van der Waals surface area (Å²) >= 11 is 0. The van der Waals surface area contributed by atoms with Crippen LogP contribution < -0.4 is 4.74 Å². The van der Waals surface area contributed by atoms with Gasteiger partial charge >= 0.3 is 0 Å². The molecular formula is C21H30N2O2. The number of aromatic nitrogens is 2. The van der Waals surface area contributed by atoms with Crippen molar-refractivity contribution < 1.29 is 9.53 Å². The minimum atomic E-state index is -0.126. The van der Waals surface area contributed by atoms with Crippen LogP contribution in [0.5, 0.6) is 5.75 Å². The molecule has 0 saturated heterocycles. The fraction of sp³-hybridized carbons (Fsp3) is 0.524. The Morgan fingerprint density at radius 1 is 1.04 bits per heavy atom. The van der Waals surface area contributed by atoms with E-state index in [4.69, 9.17) is 4.74 Å². The minimum absolute atomic E-state index is 0.00241. The lowest BCUT2D eigenvalue weighted by atomic mass is 10.0. The molecule has 0 aliphatic rings. The summed E-state index contributed by atoms with van der Waals surface area (Å²) in [6.07, 6.45) is 8.62. The maximum Gasteiger partial charge on any atom is 0.284 e. The molecule has 136 valence electrons. The minimum Gasteiger partial charge on any atom is -0.484 e. The molecule has 2 aromatic rings. The van der Waals surface area contributed by atoms with E-state index in [-0.39, 0.29) is 12.5 Å². The second kappa shape index (κ2) is 10.0. The van der Waals surface area contributed by atoms with E-state index in [0.717, 1.165) is 24.2 Å². The van der Waals surface area contributed by atoms with Crippen LogP contribution in [0, 0.1) is 13.8 Å². The van der Waals surface area contributed by atoms with E-state index >= 15 is 0 Å². The molecule has 4 nitrogen and oxygen atoms in total. The Hall–Kier alpha value is -2.10. The van der Waals surface area contributed by atoms with Gasteiger partial charge in [0, 0.05) is 5.69 Å². The van der Waals surface area contributed by atoms with Gasteiger partial charge in [-0.25, -0.2) is 4.68 Å². The zero-order valence-corrected chi connectivity index (χ0v) is 15.8. The zero-order chi connectivity index (χ0) is 18.1. The van der Waals surface area contributed by atoms with E-state index < -0.39 is 0 Å². The molecule has 1 aromatic carbocycles. The molecule has 0 saturated carbocycles. The molecule has 1 aromatic heterocycles. The van der Waals surface area contributed by atoms with E-state index in [0.29, 0.717) is 5.75 Å². The second-order valence-corrected chi connectivity index (χ2v) is 6.57. The molecular weight excluding hydrogens is 312 g/mol. The standard InChI is InChI=1S/C21H30N2O2/c1-4-5-6-7-8-12-15-20-17(2)22-23(18(20)3)21(24)16-25-19-13-10-9-11-14-19/h9-11,13-14H,4-8,12,15-16H2,1-3H3. The summed E-state index contributed by atoms with van der Waals surface area (Å²) in [5.74, 6) is 0.573. The summed E-state index contributed by atoms with van der Waals surface area (Å²) in [7, 11) is 0. The summed E-state index contributed by atoms with van der Waals surface area (Å²) in [6.45, 7) is 6.20. The number of carbonyl (C=O) groups is 1. The van der Waals surface area contributed by atoms with Crippen LogP contribution in [0.15, 0.2) is 30.3 Å². The van der Waals surface area contributed by atoms with E-state index in [1.54, 1.807) is 0 Å². The average Bonchev–Trinajstić information content (AvgIpc) is 2.91. The monoisotopic (exact) mass is 342 g/mol. The number of nitrogens with zero attached hydrogens (tertiary/aromatic N) is 2. The number of hydrogen-bond donors (Lipinski definition) is 0. The lowest BCUT2D eigenvalue weighted by Gasteiger charge is -2.07. The van der Waals surface area contributed by atoms with Crippen molar-refractivity contribution in [2.24, 2.45) is 0 Å². The Kier molecular flexibility index (Phi) is 7.71. The molecule has 0 atom stereocenters. The van der Waals surface area contributed by atoms with Gasteiger partial charge < -0.3 is 4.74 Å². The van der Waals surface area contributed by atoms with E-state index in [1.165, 1.54) is 42.3 Å². The Morgan fingerprint density at radius 3 is 2.44 bits per heavy atom. The normalized spacial score (nSPS) is 10.8. The lowest BCUT2D eigenvalue weighted by molar-refractivity contribution is 0.0818. The van der Waals surface area contributed by atoms with Gasteiger partial charge in [-0.1, -0.05) is 57.2 Å². The smallest absolute Gasteiger partial charge is 0.284 e. The summed E-state index contributed by atoms with van der Waals surface area (Å²) in [6, 6.07) is 9.39. The number of benzene rings is 1. The molecule has 0 fully saturated rings. The maximum absolute atomic E-state index is 12.4. The average molecular weight is 342 g/mol. The van der Waals surface area contributed by atoms with Crippen LogP contribution in [0.25, 0.3) is 0 Å². The number of hydrogen-bond acceptors (Lipinski definition) is 3. The highest BCUT2D eigenvalue weighted by Gasteiger charge is 2.16. The molecule has 0 spiro atoms. The fourth-order valence-corrected chi connectivity index (χ4v) is 3.08. The SMILES string of the molecule is CCCCCCCCc1c(C)nn(C(=O)COc2ccccc2)c1C. The molecule has 0 bridgehead atoms. The number of ether oxygens (including phenoxy) is 1. The predicted octanol–water partition coefficient (Wildman–Crippen LogP) is 5.12. The van der Waals surface area contributed by atoms with Crippen molar-refractivity contribution in [3.05, 3.63) is 47.3 Å². The highest BCUT2D eigenvalue weighted by atomic mass is 16.5. The van der Waals surface area contributed by atoms with E-state index in [1.807, 2.05) is 44.2 Å². The number of aryl methyl sites for hydroxylation is 1. The Balaban J connectivity index is 1.88. The lowest BCUT2D eigenvalue weighted by Crippen LogP contribution is -2.21. The van der Waals surface area contributed by atoms with Gasteiger partial charge in [0.05, 0.1) is 5.69 Å². The van der Waals surface area contributed by atoms with Crippen LogP contribution in [0.2, 0.25) is 0 Å². The Morgan fingerprint density at radius 2 is 1.72 bits per heavy atom. The van der Waals surface area contributed by atoms with Crippen LogP contribution in [-0.2, 0) is 6.42 Å². The summed E-state index contributed by atoms with van der Waals surface area (Å²) in [5.41, 5.74) is 3.12. The van der Waals surface area contributed by atoms with Crippen molar-refractivity contribution in [3.63, 3.8) is 0 Å². The number of unbranched alkanes of at least 4 members (excludes halogenated alkanes) is 5. The van der Waals surface area contributed by atoms with Gasteiger partial charge in [-0.2, -0.15) is 5.10 Å². The first-order chi connectivity index (χ1) is 12.1. The van der Waals surface area contributed by atoms with Gasteiger partial charge in [-0.3, -0.25) is 4.79 Å². The van der Waals surface area contributed by atoms with Crippen molar-refractivity contribution in [2.45, 2.75) is 65.7 Å². The van der Waals surface area contributed by atoms with E-state index in [2.05, 4.69) is 12.0 Å².